The summed E-state index contributed by atoms with van der Waals surface area (Å²) in [6.07, 6.45) is 17.0. The molecule has 0 aromatic carbocycles. The highest BCUT2D eigenvalue weighted by Gasteiger charge is 2.43. The smallest absolute Gasteiger partial charge is 0.314 e. The Labute approximate surface area is 160 Å². The highest BCUT2D eigenvalue weighted by Crippen LogP contribution is 2.43. The van der Waals surface area contributed by atoms with Gasteiger partial charge in [0.15, 0.2) is 0 Å². The Bertz CT molecular complexity index is 464. The summed E-state index contributed by atoms with van der Waals surface area (Å²) in [5.41, 5.74) is 0.536. The van der Waals surface area contributed by atoms with E-state index in [0.29, 0.717) is 6.61 Å². The van der Waals surface area contributed by atoms with E-state index in [9.17, 15) is 9.90 Å². The zero-order valence-electron chi connectivity index (χ0n) is 17.4. The van der Waals surface area contributed by atoms with Crippen molar-refractivity contribution in [2.75, 3.05) is 13.7 Å². The molecule has 0 saturated heterocycles. The molecule has 0 heterocycles. The second-order valence-electron chi connectivity index (χ2n) is 8.26. The molecule has 0 aromatic heterocycles. The molecule has 3 heteroatoms. The van der Waals surface area contributed by atoms with Crippen LogP contribution < -0.4 is 0 Å². The number of ether oxygens (including phenoxy) is 1. The van der Waals surface area contributed by atoms with E-state index in [0.717, 1.165) is 50.9 Å². The van der Waals surface area contributed by atoms with Crippen LogP contribution in [-0.2, 0) is 9.53 Å². The molecule has 1 aliphatic rings. The van der Waals surface area contributed by atoms with Gasteiger partial charge in [-0.3, -0.25) is 4.79 Å². The quantitative estimate of drug-likeness (QED) is 0.363. The van der Waals surface area contributed by atoms with E-state index in [1.54, 1.807) is 7.11 Å². The van der Waals surface area contributed by atoms with Gasteiger partial charge >= 0.3 is 5.97 Å². The monoisotopic (exact) mass is 364 g/mol. The first-order valence-electron chi connectivity index (χ1n) is 10.6. The van der Waals surface area contributed by atoms with Gasteiger partial charge in [-0.2, -0.15) is 0 Å². The fraction of sp³-hybridized carbons (Fsp3) is 0.783. The molecule has 0 aliphatic heterocycles. The maximum atomic E-state index is 12.3. The Morgan fingerprint density at radius 3 is 2.58 bits per heavy atom. The molecule has 1 N–H and O–H groups in total. The maximum Gasteiger partial charge on any atom is 0.314 e. The maximum absolute atomic E-state index is 12.3. The van der Waals surface area contributed by atoms with Gasteiger partial charge in [-0.05, 0) is 37.5 Å². The summed E-state index contributed by atoms with van der Waals surface area (Å²) >= 11 is 0. The number of carbonyl (C=O) groups is 1. The third kappa shape index (κ3) is 7.26. The van der Waals surface area contributed by atoms with Gasteiger partial charge in [0.25, 0.3) is 0 Å². The minimum absolute atomic E-state index is 0.0347. The number of unbranched alkanes of at least 4 members (excludes halogenated alkanes) is 4. The molecule has 1 aliphatic carbocycles. The van der Waals surface area contributed by atoms with Gasteiger partial charge in [-0.15, -0.1) is 0 Å². The Morgan fingerprint density at radius 1 is 1.23 bits per heavy atom. The van der Waals surface area contributed by atoms with Crippen molar-refractivity contribution >= 4 is 5.97 Å². The lowest BCUT2D eigenvalue weighted by Crippen LogP contribution is -2.38. The van der Waals surface area contributed by atoms with Crippen LogP contribution in [0.2, 0.25) is 0 Å². The van der Waals surface area contributed by atoms with Gasteiger partial charge in [0.2, 0.25) is 0 Å². The van der Waals surface area contributed by atoms with Crippen molar-refractivity contribution < 1.29 is 14.6 Å². The molecule has 1 rings (SSSR count). The number of allylic oxidation sites excluding steroid dienone is 3. The van der Waals surface area contributed by atoms with Gasteiger partial charge in [0.1, 0.15) is 0 Å². The van der Waals surface area contributed by atoms with Crippen LogP contribution in [0.1, 0.15) is 85.0 Å². The molecule has 3 nitrogen and oxygen atoms in total. The van der Waals surface area contributed by atoms with Crippen LogP contribution in [0.3, 0.4) is 0 Å². The van der Waals surface area contributed by atoms with E-state index < -0.39 is 11.4 Å². The molecule has 0 saturated carbocycles. The molecule has 0 fully saturated rings. The molecular weight excluding hydrogens is 324 g/mol. The molecule has 0 spiro atoms. The lowest BCUT2D eigenvalue weighted by atomic mass is 9.67. The summed E-state index contributed by atoms with van der Waals surface area (Å²) in [5.74, 6) is 0.113. The molecule has 0 bridgehead atoms. The largest absolute Gasteiger partial charge is 0.481 e. The first kappa shape index (κ1) is 23.0. The van der Waals surface area contributed by atoms with Crippen LogP contribution in [0.5, 0.6) is 0 Å². The zero-order chi connectivity index (χ0) is 19.4. The third-order valence-electron chi connectivity index (χ3n) is 5.64. The Balaban J connectivity index is 2.73. The summed E-state index contributed by atoms with van der Waals surface area (Å²) in [5, 5.41) is 10.1. The lowest BCUT2D eigenvalue weighted by molar-refractivity contribution is -0.149. The Hall–Kier alpha value is -1.09. The molecule has 2 atom stereocenters. The number of methoxy groups -OCH3 is 1. The first-order valence-corrected chi connectivity index (χ1v) is 10.6. The van der Waals surface area contributed by atoms with Crippen molar-refractivity contribution in [3.05, 3.63) is 23.8 Å². The summed E-state index contributed by atoms with van der Waals surface area (Å²) in [7, 11) is 1.69. The molecule has 150 valence electrons. The fourth-order valence-electron chi connectivity index (χ4n) is 3.90. The average Bonchev–Trinajstić information content (AvgIpc) is 2.61. The molecule has 2 unspecified atom stereocenters. The van der Waals surface area contributed by atoms with E-state index in [-0.39, 0.29) is 5.92 Å². The predicted molar refractivity (Wildman–Crippen MR) is 109 cm³/mol. The Kier molecular flexibility index (Phi) is 10.9. The minimum Gasteiger partial charge on any atom is -0.481 e. The number of rotatable bonds is 14. The van der Waals surface area contributed by atoms with Gasteiger partial charge in [-0.25, -0.2) is 0 Å². The van der Waals surface area contributed by atoms with Gasteiger partial charge < -0.3 is 9.84 Å². The van der Waals surface area contributed by atoms with E-state index >= 15 is 0 Å². The molecular formula is C23H40O3. The minimum atomic E-state index is -0.758. The Morgan fingerprint density at radius 2 is 1.96 bits per heavy atom. The average molecular weight is 365 g/mol. The van der Waals surface area contributed by atoms with Crippen molar-refractivity contribution in [1.29, 1.82) is 0 Å². The third-order valence-corrected chi connectivity index (χ3v) is 5.64. The second-order valence-corrected chi connectivity index (χ2v) is 8.26. The van der Waals surface area contributed by atoms with E-state index in [1.165, 1.54) is 24.8 Å². The van der Waals surface area contributed by atoms with Crippen LogP contribution >= 0.6 is 0 Å². The van der Waals surface area contributed by atoms with Gasteiger partial charge in [-0.1, -0.05) is 83.1 Å². The number of hydrogen-bond donors (Lipinski definition) is 1. The summed E-state index contributed by atoms with van der Waals surface area (Å²) in [6.45, 7) is 7.32. The lowest BCUT2D eigenvalue weighted by Gasteiger charge is -2.36. The number of aliphatic carboxylic acids is 1. The normalized spacial score (nSPS) is 22.7. The van der Waals surface area contributed by atoms with Crippen LogP contribution in [0.15, 0.2) is 23.8 Å². The highest BCUT2D eigenvalue weighted by atomic mass is 16.5. The number of hydrogen-bond acceptors (Lipinski definition) is 2. The van der Waals surface area contributed by atoms with Crippen molar-refractivity contribution in [2.45, 2.75) is 85.0 Å². The summed E-state index contributed by atoms with van der Waals surface area (Å²) in [4.78, 5) is 12.3. The van der Waals surface area contributed by atoms with Crippen LogP contribution in [0.4, 0.5) is 0 Å². The highest BCUT2D eigenvalue weighted by molar-refractivity contribution is 5.78. The summed E-state index contributed by atoms with van der Waals surface area (Å²) in [6, 6.07) is 0. The standard InChI is InChI=1S/C23H40O3/c1-5-6-12-20-13-16-23(22(24)25,21(18-20)14-17-26-4)15-10-8-7-9-11-19(2)3/h13,16,18-19,21H,5-12,14-15,17H2,1-4H3,(H,24,25). The second kappa shape index (κ2) is 12.3. The SMILES string of the molecule is CCCCC1=CC(CCOC)C(CCCCCCC(C)C)(C(=O)O)C=C1. The molecule has 0 radical (unpaired) electrons. The first-order chi connectivity index (χ1) is 12.5. The molecule has 0 amide bonds. The van der Waals surface area contributed by atoms with E-state index in [1.807, 2.05) is 6.08 Å². The van der Waals surface area contributed by atoms with Crippen LogP contribution in [0.25, 0.3) is 0 Å². The number of carboxylic acids is 1. The van der Waals surface area contributed by atoms with E-state index in [4.69, 9.17) is 4.74 Å². The van der Waals surface area contributed by atoms with Crippen molar-refractivity contribution in [1.82, 2.24) is 0 Å². The van der Waals surface area contributed by atoms with Gasteiger partial charge in [0.05, 0.1) is 5.41 Å². The van der Waals surface area contributed by atoms with Crippen LogP contribution in [0, 0.1) is 17.3 Å². The fourth-order valence-corrected chi connectivity index (χ4v) is 3.90. The number of carboxylic acid groups (broad SMARTS) is 1. The van der Waals surface area contributed by atoms with Crippen molar-refractivity contribution in [3.63, 3.8) is 0 Å². The van der Waals surface area contributed by atoms with E-state index in [2.05, 4.69) is 32.9 Å². The molecule has 0 aromatic rings. The summed E-state index contributed by atoms with van der Waals surface area (Å²) < 4.78 is 5.27. The van der Waals surface area contributed by atoms with Crippen molar-refractivity contribution in [2.24, 2.45) is 17.3 Å². The molecule has 26 heavy (non-hydrogen) atoms. The van der Waals surface area contributed by atoms with Gasteiger partial charge in [0, 0.05) is 13.7 Å². The van der Waals surface area contributed by atoms with Crippen LogP contribution in [-0.4, -0.2) is 24.8 Å². The predicted octanol–water partition coefficient (Wildman–Crippen LogP) is 6.39. The topological polar surface area (TPSA) is 46.5 Å². The zero-order valence-corrected chi connectivity index (χ0v) is 17.4. The van der Waals surface area contributed by atoms with Crippen molar-refractivity contribution in [3.8, 4) is 0 Å².